The summed E-state index contributed by atoms with van der Waals surface area (Å²) in [5.41, 5.74) is 0. The number of rotatable bonds is 5. The number of nitrogens with one attached hydrogen (secondary N) is 1. The summed E-state index contributed by atoms with van der Waals surface area (Å²) in [5, 5.41) is 6.81. The molecule has 2 nitrogen and oxygen atoms in total. The van der Waals surface area contributed by atoms with E-state index in [1.165, 1.54) is 22.1 Å². The first-order valence-electron chi connectivity index (χ1n) is 7.83. The lowest BCUT2D eigenvalue weighted by Crippen LogP contribution is -2.45. The highest BCUT2D eigenvalue weighted by Crippen LogP contribution is 2.31. The minimum absolute atomic E-state index is 0.506. The number of benzene rings is 2. The molecule has 1 aliphatic rings. The first kappa shape index (κ1) is 14.9. The Hall–Kier alpha value is -1.03. The molecule has 1 heterocycles. The highest BCUT2D eigenvalue weighted by Gasteiger charge is 2.26. The van der Waals surface area contributed by atoms with E-state index in [2.05, 4.69) is 54.7 Å². The zero-order chi connectivity index (χ0) is 14.5. The summed E-state index contributed by atoms with van der Waals surface area (Å²) in [6.45, 7) is 5.05. The van der Waals surface area contributed by atoms with Crippen molar-refractivity contribution in [2.45, 2.75) is 36.0 Å². The summed E-state index contributed by atoms with van der Waals surface area (Å²) >= 11 is 1.95. The largest absolute Gasteiger partial charge is 0.380 e. The van der Waals surface area contributed by atoms with Gasteiger partial charge in [-0.2, -0.15) is 0 Å². The molecule has 0 spiro atoms. The predicted molar refractivity (Wildman–Crippen MR) is 91.1 cm³/mol. The van der Waals surface area contributed by atoms with E-state index in [0.717, 1.165) is 26.2 Å². The highest BCUT2D eigenvalue weighted by molar-refractivity contribution is 8.00. The molecular formula is C18H23NOS. The van der Waals surface area contributed by atoms with Crippen molar-refractivity contribution in [1.82, 2.24) is 5.32 Å². The maximum Gasteiger partial charge on any atom is 0.0603 e. The topological polar surface area (TPSA) is 21.3 Å². The number of ether oxygens (including phenoxy) is 1. The molecule has 0 aliphatic carbocycles. The molecule has 112 valence electrons. The van der Waals surface area contributed by atoms with Gasteiger partial charge >= 0.3 is 0 Å². The first-order valence-corrected chi connectivity index (χ1v) is 8.71. The molecule has 1 N–H and O–H groups in total. The number of hydrogen-bond donors (Lipinski definition) is 1. The fourth-order valence-corrected chi connectivity index (χ4v) is 4.06. The molecule has 3 heteroatoms. The van der Waals surface area contributed by atoms with Crippen LogP contribution in [0.25, 0.3) is 10.8 Å². The van der Waals surface area contributed by atoms with Crippen LogP contribution >= 0.6 is 11.8 Å². The Morgan fingerprint density at radius 2 is 2.05 bits per heavy atom. The van der Waals surface area contributed by atoms with Crippen molar-refractivity contribution in [2.24, 2.45) is 0 Å². The van der Waals surface area contributed by atoms with Gasteiger partial charge in [0.1, 0.15) is 0 Å². The zero-order valence-electron chi connectivity index (χ0n) is 12.5. The molecule has 0 saturated carbocycles. The van der Waals surface area contributed by atoms with Crippen molar-refractivity contribution in [1.29, 1.82) is 0 Å². The van der Waals surface area contributed by atoms with Gasteiger partial charge in [-0.15, -0.1) is 11.8 Å². The van der Waals surface area contributed by atoms with E-state index in [4.69, 9.17) is 4.74 Å². The van der Waals surface area contributed by atoms with Gasteiger partial charge in [-0.25, -0.2) is 0 Å². The van der Waals surface area contributed by atoms with E-state index in [1.54, 1.807) is 0 Å². The molecule has 2 unspecified atom stereocenters. The lowest BCUT2D eigenvalue weighted by Gasteiger charge is -2.32. The zero-order valence-corrected chi connectivity index (χ0v) is 13.4. The highest BCUT2D eigenvalue weighted by atomic mass is 32.2. The Morgan fingerprint density at radius 3 is 2.90 bits per heavy atom. The minimum Gasteiger partial charge on any atom is -0.380 e. The average molecular weight is 301 g/mol. The molecule has 2 aromatic carbocycles. The molecule has 21 heavy (non-hydrogen) atoms. The Morgan fingerprint density at radius 1 is 1.19 bits per heavy atom. The summed E-state index contributed by atoms with van der Waals surface area (Å²) < 4.78 is 5.69. The lowest BCUT2D eigenvalue weighted by atomic mass is 10.1. The van der Waals surface area contributed by atoms with Crippen molar-refractivity contribution < 1.29 is 4.74 Å². The van der Waals surface area contributed by atoms with Crippen LogP contribution in [0.5, 0.6) is 0 Å². The Balaban J connectivity index is 1.72. The van der Waals surface area contributed by atoms with Crippen molar-refractivity contribution in [3.05, 3.63) is 42.5 Å². The van der Waals surface area contributed by atoms with E-state index >= 15 is 0 Å². The molecular weight excluding hydrogens is 278 g/mol. The van der Waals surface area contributed by atoms with Crippen molar-refractivity contribution >= 4 is 22.5 Å². The standard InChI is InChI=1S/C18H23NOS/c1-2-10-19-17-9-11-20-13-18(17)21-16-8-7-14-5-3-4-6-15(14)12-16/h3-8,12,17-19H,2,9-11,13H2,1H3. The van der Waals surface area contributed by atoms with Crippen LogP contribution in [-0.2, 0) is 4.74 Å². The normalized spacial score (nSPS) is 22.5. The maximum absolute atomic E-state index is 5.69. The summed E-state index contributed by atoms with van der Waals surface area (Å²) in [6.07, 6.45) is 2.30. The van der Waals surface area contributed by atoms with Gasteiger partial charge in [0.2, 0.25) is 0 Å². The molecule has 1 aliphatic heterocycles. The molecule has 0 aromatic heterocycles. The van der Waals surface area contributed by atoms with Crippen LogP contribution in [0.4, 0.5) is 0 Å². The second kappa shape index (κ2) is 7.30. The van der Waals surface area contributed by atoms with Crippen molar-refractivity contribution in [3.63, 3.8) is 0 Å². The van der Waals surface area contributed by atoms with Crippen LogP contribution in [0.1, 0.15) is 19.8 Å². The lowest BCUT2D eigenvalue weighted by molar-refractivity contribution is 0.0833. The molecule has 0 bridgehead atoms. The molecule has 0 radical (unpaired) electrons. The van der Waals surface area contributed by atoms with Gasteiger partial charge in [-0.05, 0) is 42.3 Å². The summed E-state index contributed by atoms with van der Waals surface area (Å²) in [5.74, 6) is 0. The van der Waals surface area contributed by atoms with Gasteiger partial charge in [0.05, 0.1) is 6.61 Å². The third-order valence-electron chi connectivity index (χ3n) is 3.97. The third kappa shape index (κ3) is 3.79. The van der Waals surface area contributed by atoms with Crippen molar-refractivity contribution in [3.8, 4) is 0 Å². The van der Waals surface area contributed by atoms with Gasteiger partial charge < -0.3 is 10.1 Å². The fraction of sp³-hybridized carbons (Fsp3) is 0.444. The van der Waals surface area contributed by atoms with Crippen LogP contribution in [-0.4, -0.2) is 31.1 Å². The molecule has 0 amide bonds. The fourth-order valence-electron chi connectivity index (χ4n) is 2.81. The van der Waals surface area contributed by atoms with Crippen molar-refractivity contribution in [2.75, 3.05) is 19.8 Å². The SMILES string of the molecule is CCCNC1CCOCC1Sc1ccc2ccccc2c1. The van der Waals surface area contributed by atoms with E-state index in [0.29, 0.717) is 11.3 Å². The maximum atomic E-state index is 5.69. The van der Waals surface area contributed by atoms with Gasteiger partial charge in [-0.3, -0.25) is 0 Å². The summed E-state index contributed by atoms with van der Waals surface area (Å²) in [7, 11) is 0. The molecule has 2 aromatic rings. The van der Waals surface area contributed by atoms with Gasteiger partial charge in [0.15, 0.2) is 0 Å². The van der Waals surface area contributed by atoms with Gasteiger partial charge in [0.25, 0.3) is 0 Å². The quantitative estimate of drug-likeness (QED) is 0.899. The van der Waals surface area contributed by atoms with E-state index < -0.39 is 0 Å². The van der Waals surface area contributed by atoms with Crippen LogP contribution in [0.15, 0.2) is 47.4 Å². The minimum atomic E-state index is 0.506. The van der Waals surface area contributed by atoms with Crippen LogP contribution in [0.3, 0.4) is 0 Å². The van der Waals surface area contributed by atoms with Crippen LogP contribution in [0.2, 0.25) is 0 Å². The van der Waals surface area contributed by atoms with Gasteiger partial charge in [-0.1, -0.05) is 37.3 Å². The third-order valence-corrected chi connectivity index (χ3v) is 5.26. The first-order chi connectivity index (χ1) is 10.4. The Kier molecular flexibility index (Phi) is 5.17. The average Bonchev–Trinajstić information content (AvgIpc) is 2.54. The predicted octanol–water partition coefficient (Wildman–Crippen LogP) is 4.09. The van der Waals surface area contributed by atoms with E-state index in [9.17, 15) is 0 Å². The van der Waals surface area contributed by atoms with Crippen LogP contribution in [0, 0.1) is 0 Å². The molecule has 1 fully saturated rings. The van der Waals surface area contributed by atoms with E-state index in [1.807, 2.05) is 11.8 Å². The van der Waals surface area contributed by atoms with Crippen LogP contribution < -0.4 is 5.32 Å². The summed E-state index contributed by atoms with van der Waals surface area (Å²) in [4.78, 5) is 1.34. The molecule has 2 atom stereocenters. The number of thioether (sulfide) groups is 1. The summed E-state index contributed by atoms with van der Waals surface area (Å²) in [6, 6.07) is 15.9. The Bertz CT molecular complexity index is 586. The molecule has 3 rings (SSSR count). The number of fused-ring (bicyclic) bond motifs is 1. The smallest absolute Gasteiger partial charge is 0.0603 e. The molecule has 1 saturated heterocycles. The monoisotopic (exact) mass is 301 g/mol. The second-order valence-electron chi connectivity index (χ2n) is 5.59. The van der Waals surface area contributed by atoms with E-state index in [-0.39, 0.29) is 0 Å². The Labute approximate surface area is 131 Å². The second-order valence-corrected chi connectivity index (χ2v) is 6.90. The van der Waals surface area contributed by atoms with Gasteiger partial charge in [0, 0.05) is 22.8 Å². The number of hydrogen-bond acceptors (Lipinski definition) is 3.